The molecular formula is C21H25NO3. The Morgan fingerprint density at radius 2 is 1.96 bits per heavy atom. The normalized spacial score (nSPS) is 23.5. The number of aryl methyl sites for hydroxylation is 2. The molecule has 1 amide bonds. The van der Waals surface area contributed by atoms with Crippen LogP contribution in [0.2, 0.25) is 0 Å². The first-order chi connectivity index (χ1) is 12.1. The van der Waals surface area contributed by atoms with Gasteiger partial charge in [0.05, 0.1) is 6.26 Å². The second-order valence-electron chi connectivity index (χ2n) is 7.35. The van der Waals surface area contributed by atoms with Crippen LogP contribution in [0.15, 0.2) is 41.0 Å². The number of rotatable bonds is 4. The number of hydrogen-bond donors (Lipinski definition) is 0. The third kappa shape index (κ3) is 3.44. The van der Waals surface area contributed by atoms with Gasteiger partial charge in [0.1, 0.15) is 17.6 Å². The van der Waals surface area contributed by atoms with Crippen molar-refractivity contribution in [2.45, 2.75) is 45.1 Å². The Balaban J connectivity index is 1.28. The van der Waals surface area contributed by atoms with Gasteiger partial charge in [-0.1, -0.05) is 6.07 Å². The van der Waals surface area contributed by atoms with Crippen LogP contribution in [0.1, 0.15) is 42.1 Å². The van der Waals surface area contributed by atoms with Crippen molar-refractivity contribution in [2.75, 3.05) is 13.1 Å². The summed E-state index contributed by atoms with van der Waals surface area (Å²) in [6.45, 7) is 5.79. The number of benzene rings is 1. The second kappa shape index (κ2) is 6.58. The lowest BCUT2D eigenvalue weighted by Crippen LogP contribution is -2.42. The van der Waals surface area contributed by atoms with Crippen molar-refractivity contribution in [3.8, 4) is 5.75 Å². The zero-order chi connectivity index (χ0) is 17.4. The van der Waals surface area contributed by atoms with Crippen LogP contribution in [-0.4, -0.2) is 30.0 Å². The van der Waals surface area contributed by atoms with E-state index in [4.69, 9.17) is 9.15 Å². The number of piperidine rings is 1. The highest BCUT2D eigenvalue weighted by Gasteiger charge is 2.47. The number of likely N-dealkylation sites (tertiary alicyclic amines) is 1. The predicted molar refractivity (Wildman–Crippen MR) is 95.7 cm³/mol. The highest BCUT2D eigenvalue weighted by molar-refractivity contribution is 5.83. The summed E-state index contributed by atoms with van der Waals surface area (Å²) >= 11 is 0. The van der Waals surface area contributed by atoms with Gasteiger partial charge in [-0.05, 0) is 55.7 Å². The Morgan fingerprint density at radius 1 is 1.16 bits per heavy atom. The van der Waals surface area contributed by atoms with E-state index in [1.54, 1.807) is 6.26 Å². The van der Waals surface area contributed by atoms with Gasteiger partial charge in [0.2, 0.25) is 5.91 Å². The molecule has 4 heteroatoms. The molecule has 2 heterocycles. The quantitative estimate of drug-likeness (QED) is 0.843. The van der Waals surface area contributed by atoms with E-state index in [2.05, 4.69) is 26.0 Å². The van der Waals surface area contributed by atoms with Gasteiger partial charge in [-0.15, -0.1) is 0 Å². The van der Waals surface area contributed by atoms with Gasteiger partial charge in [-0.3, -0.25) is 4.79 Å². The highest BCUT2D eigenvalue weighted by Crippen LogP contribution is 2.48. The molecule has 2 aromatic rings. The number of hydrogen-bond acceptors (Lipinski definition) is 3. The lowest BCUT2D eigenvalue weighted by Gasteiger charge is -2.32. The van der Waals surface area contributed by atoms with Gasteiger partial charge < -0.3 is 14.1 Å². The SMILES string of the molecule is Cc1ccc(OC2CCN(C(=O)[C@@H]3C[C@@H]3c3ccco3)CC2)cc1C. The van der Waals surface area contributed by atoms with Crippen LogP contribution < -0.4 is 4.74 Å². The van der Waals surface area contributed by atoms with Crippen LogP contribution in [0.25, 0.3) is 0 Å². The number of amides is 1. The van der Waals surface area contributed by atoms with Crippen LogP contribution in [0.3, 0.4) is 0 Å². The molecule has 2 fully saturated rings. The first kappa shape index (κ1) is 16.2. The van der Waals surface area contributed by atoms with Crippen molar-refractivity contribution in [3.05, 3.63) is 53.5 Å². The molecule has 0 N–H and O–H groups in total. The molecule has 1 saturated carbocycles. The topological polar surface area (TPSA) is 42.7 Å². The molecule has 4 nitrogen and oxygen atoms in total. The molecule has 4 rings (SSSR count). The van der Waals surface area contributed by atoms with E-state index < -0.39 is 0 Å². The monoisotopic (exact) mass is 339 g/mol. The summed E-state index contributed by atoms with van der Waals surface area (Å²) in [7, 11) is 0. The third-order valence-corrected chi connectivity index (χ3v) is 5.55. The molecule has 0 bridgehead atoms. The van der Waals surface area contributed by atoms with E-state index in [9.17, 15) is 4.79 Å². The molecule has 1 aromatic heterocycles. The van der Waals surface area contributed by atoms with Crippen molar-refractivity contribution in [1.29, 1.82) is 0 Å². The number of carbonyl (C=O) groups excluding carboxylic acids is 1. The molecule has 1 saturated heterocycles. The molecule has 0 radical (unpaired) electrons. The summed E-state index contributed by atoms with van der Waals surface area (Å²) in [5.74, 6) is 2.57. The maximum Gasteiger partial charge on any atom is 0.226 e. The molecule has 25 heavy (non-hydrogen) atoms. The van der Waals surface area contributed by atoms with Crippen LogP contribution in [0.4, 0.5) is 0 Å². The largest absolute Gasteiger partial charge is 0.490 e. The fourth-order valence-corrected chi connectivity index (χ4v) is 3.69. The van der Waals surface area contributed by atoms with Crippen molar-refractivity contribution in [2.24, 2.45) is 5.92 Å². The Hall–Kier alpha value is -2.23. The van der Waals surface area contributed by atoms with Crippen LogP contribution >= 0.6 is 0 Å². The molecule has 0 spiro atoms. The maximum absolute atomic E-state index is 12.7. The highest BCUT2D eigenvalue weighted by atomic mass is 16.5. The maximum atomic E-state index is 12.7. The first-order valence-electron chi connectivity index (χ1n) is 9.18. The minimum Gasteiger partial charge on any atom is -0.490 e. The van der Waals surface area contributed by atoms with Gasteiger partial charge in [0, 0.05) is 37.8 Å². The Kier molecular flexibility index (Phi) is 4.28. The lowest BCUT2D eigenvalue weighted by atomic mass is 10.1. The Labute approximate surface area is 148 Å². The fourth-order valence-electron chi connectivity index (χ4n) is 3.69. The lowest BCUT2D eigenvalue weighted by molar-refractivity contribution is -0.134. The third-order valence-electron chi connectivity index (χ3n) is 5.55. The van der Waals surface area contributed by atoms with Crippen LogP contribution in [0.5, 0.6) is 5.75 Å². The van der Waals surface area contributed by atoms with E-state index in [0.29, 0.717) is 0 Å². The van der Waals surface area contributed by atoms with Gasteiger partial charge in [0.15, 0.2) is 0 Å². The molecule has 0 unspecified atom stereocenters. The summed E-state index contributed by atoms with van der Waals surface area (Å²) in [4.78, 5) is 14.7. The summed E-state index contributed by atoms with van der Waals surface area (Å²) in [5.41, 5.74) is 2.53. The van der Waals surface area contributed by atoms with Gasteiger partial charge >= 0.3 is 0 Å². The Bertz CT molecular complexity index is 745. The molecule has 2 atom stereocenters. The molecular weight excluding hydrogens is 314 g/mol. The van der Waals surface area contributed by atoms with Crippen molar-refractivity contribution < 1.29 is 13.9 Å². The molecule has 2 aliphatic rings. The first-order valence-corrected chi connectivity index (χ1v) is 9.18. The average molecular weight is 339 g/mol. The van der Waals surface area contributed by atoms with Gasteiger partial charge in [0.25, 0.3) is 0 Å². The van der Waals surface area contributed by atoms with Crippen molar-refractivity contribution in [3.63, 3.8) is 0 Å². The minimum atomic E-state index is 0.114. The standard InChI is InChI=1S/C21H25NO3/c1-14-5-6-17(12-15(14)2)25-16-7-9-22(10-8-16)21(23)19-13-18(19)20-4-3-11-24-20/h3-6,11-12,16,18-19H,7-10,13H2,1-2H3/t18-,19+/m0/s1. The van der Waals surface area contributed by atoms with E-state index in [0.717, 1.165) is 43.9 Å². The number of carbonyl (C=O) groups is 1. The zero-order valence-electron chi connectivity index (χ0n) is 14.9. The van der Waals surface area contributed by atoms with E-state index in [1.165, 1.54) is 11.1 Å². The van der Waals surface area contributed by atoms with Crippen molar-refractivity contribution >= 4 is 5.91 Å². The number of nitrogens with zero attached hydrogens (tertiary/aromatic N) is 1. The van der Waals surface area contributed by atoms with E-state index in [1.807, 2.05) is 23.1 Å². The smallest absolute Gasteiger partial charge is 0.226 e. The molecule has 1 aromatic carbocycles. The summed E-state index contributed by atoms with van der Waals surface area (Å²) in [6.07, 6.45) is 4.61. The summed E-state index contributed by atoms with van der Waals surface area (Å²) in [5, 5.41) is 0. The average Bonchev–Trinajstić information content (AvgIpc) is 3.23. The number of furan rings is 1. The van der Waals surface area contributed by atoms with Gasteiger partial charge in [-0.2, -0.15) is 0 Å². The van der Waals surface area contributed by atoms with Gasteiger partial charge in [-0.25, -0.2) is 0 Å². The molecule has 132 valence electrons. The zero-order valence-corrected chi connectivity index (χ0v) is 14.9. The predicted octanol–water partition coefficient (Wildman–Crippen LogP) is 4.07. The summed E-state index contributed by atoms with van der Waals surface area (Å²) < 4.78 is 11.6. The van der Waals surface area contributed by atoms with Crippen molar-refractivity contribution in [1.82, 2.24) is 4.90 Å². The van der Waals surface area contributed by atoms with Crippen LogP contribution in [0, 0.1) is 19.8 Å². The Morgan fingerprint density at radius 3 is 2.64 bits per heavy atom. The minimum absolute atomic E-state index is 0.114. The molecule has 1 aliphatic carbocycles. The van der Waals surface area contributed by atoms with Crippen LogP contribution in [-0.2, 0) is 4.79 Å². The summed E-state index contributed by atoms with van der Waals surface area (Å²) in [6, 6.07) is 10.1. The second-order valence-corrected chi connectivity index (χ2v) is 7.35. The van der Waals surface area contributed by atoms with E-state index in [-0.39, 0.29) is 23.8 Å². The fraction of sp³-hybridized carbons (Fsp3) is 0.476. The number of ether oxygens (including phenoxy) is 1. The molecule has 1 aliphatic heterocycles. The van der Waals surface area contributed by atoms with E-state index >= 15 is 0 Å².